The van der Waals surface area contributed by atoms with Crippen LogP contribution in [-0.2, 0) is 0 Å². The predicted octanol–water partition coefficient (Wildman–Crippen LogP) is 3.10. The van der Waals surface area contributed by atoms with Gasteiger partial charge in [-0.05, 0) is 6.07 Å². The van der Waals surface area contributed by atoms with Gasteiger partial charge in [-0.1, -0.05) is 34.8 Å². The summed E-state index contributed by atoms with van der Waals surface area (Å²) in [5.41, 5.74) is 5.79. The zero-order valence-corrected chi connectivity index (χ0v) is 8.00. The van der Waals surface area contributed by atoms with E-state index in [1.54, 1.807) is 0 Å². The molecule has 1 rings (SSSR count). The summed E-state index contributed by atoms with van der Waals surface area (Å²) in [4.78, 5) is 0. The average Bonchev–Trinajstić information content (AvgIpc) is 2.01. The number of hydrogen-bond donors (Lipinski definition) is 1. The van der Waals surface area contributed by atoms with Gasteiger partial charge in [-0.15, -0.1) is 0 Å². The van der Waals surface area contributed by atoms with Gasteiger partial charge in [0.1, 0.15) is 6.07 Å². The molecule has 0 aliphatic carbocycles. The number of nitriles is 1. The van der Waals surface area contributed by atoms with Gasteiger partial charge in [0.2, 0.25) is 0 Å². The van der Waals surface area contributed by atoms with Crippen LogP contribution in [0.25, 0.3) is 0 Å². The molecule has 1 aromatic rings. The van der Waals surface area contributed by atoms with Gasteiger partial charge < -0.3 is 5.73 Å². The molecule has 5 heteroatoms. The van der Waals surface area contributed by atoms with Crippen LogP contribution in [-0.4, -0.2) is 0 Å². The molecule has 62 valence electrons. The second kappa shape index (κ2) is 3.40. The van der Waals surface area contributed by atoms with E-state index in [0.717, 1.165) is 0 Å². The van der Waals surface area contributed by atoms with Gasteiger partial charge in [-0.2, -0.15) is 5.26 Å². The van der Waals surface area contributed by atoms with Gasteiger partial charge in [-0.3, -0.25) is 0 Å². The summed E-state index contributed by atoms with van der Waals surface area (Å²) in [6.07, 6.45) is 0. The van der Waals surface area contributed by atoms with Crippen molar-refractivity contribution >= 4 is 40.5 Å². The average molecular weight is 221 g/mol. The third-order valence-electron chi connectivity index (χ3n) is 1.32. The molecule has 12 heavy (non-hydrogen) atoms. The highest BCUT2D eigenvalue weighted by Crippen LogP contribution is 2.35. The second-order valence-corrected chi connectivity index (χ2v) is 3.25. The first-order valence-corrected chi connectivity index (χ1v) is 4.04. The van der Waals surface area contributed by atoms with E-state index in [2.05, 4.69) is 0 Å². The van der Waals surface area contributed by atoms with Crippen LogP contribution in [0.2, 0.25) is 15.1 Å². The number of nitrogens with two attached hydrogens (primary N) is 1. The maximum atomic E-state index is 8.60. The van der Waals surface area contributed by atoms with E-state index in [0.29, 0.717) is 0 Å². The molecule has 0 atom stereocenters. The molecule has 0 heterocycles. The smallest absolute Gasteiger partial charge is 0.102 e. The van der Waals surface area contributed by atoms with E-state index in [1.165, 1.54) is 6.07 Å². The molecule has 0 spiro atoms. The Hall–Kier alpha value is -0.620. The molecule has 0 amide bonds. The number of nitrogen functional groups attached to an aromatic ring is 1. The van der Waals surface area contributed by atoms with E-state index < -0.39 is 0 Å². The highest BCUT2D eigenvalue weighted by molar-refractivity contribution is 6.42. The first kappa shape index (κ1) is 9.47. The molecule has 2 nitrogen and oxygen atoms in total. The lowest BCUT2D eigenvalue weighted by molar-refractivity contribution is 1.48. The van der Waals surface area contributed by atoms with Crippen molar-refractivity contribution in [1.82, 2.24) is 0 Å². The topological polar surface area (TPSA) is 49.8 Å². The highest BCUT2D eigenvalue weighted by Gasteiger charge is 2.11. The Kier molecular flexibility index (Phi) is 2.69. The zero-order valence-electron chi connectivity index (χ0n) is 5.74. The van der Waals surface area contributed by atoms with Crippen molar-refractivity contribution in [1.29, 1.82) is 5.26 Å². The van der Waals surface area contributed by atoms with Gasteiger partial charge in [0, 0.05) is 0 Å². The number of hydrogen-bond acceptors (Lipinski definition) is 2. The third kappa shape index (κ3) is 1.44. The summed E-state index contributed by atoms with van der Waals surface area (Å²) in [5.74, 6) is 0. The van der Waals surface area contributed by atoms with Crippen LogP contribution in [0.15, 0.2) is 6.07 Å². The molecular formula is C7H3Cl3N2. The van der Waals surface area contributed by atoms with E-state index in [4.69, 9.17) is 45.8 Å². The largest absolute Gasteiger partial charge is 0.396 e. The predicted molar refractivity (Wildman–Crippen MR) is 50.6 cm³/mol. The zero-order chi connectivity index (χ0) is 9.30. The number of anilines is 1. The third-order valence-corrected chi connectivity index (χ3v) is 2.32. The van der Waals surface area contributed by atoms with Crippen molar-refractivity contribution in [3.63, 3.8) is 0 Å². The summed E-state index contributed by atoms with van der Waals surface area (Å²) >= 11 is 17.0. The molecule has 0 aliphatic heterocycles. The minimum absolute atomic E-state index is 0.106. The van der Waals surface area contributed by atoms with Crippen molar-refractivity contribution in [2.75, 3.05) is 5.73 Å². The van der Waals surface area contributed by atoms with Crippen LogP contribution in [0.3, 0.4) is 0 Å². The lowest BCUT2D eigenvalue weighted by atomic mass is 10.2. The maximum Gasteiger partial charge on any atom is 0.102 e. The summed E-state index contributed by atoms with van der Waals surface area (Å²) in [7, 11) is 0. The quantitative estimate of drug-likeness (QED) is 0.684. The van der Waals surface area contributed by atoms with E-state index >= 15 is 0 Å². The molecule has 0 saturated heterocycles. The number of nitrogens with zero attached hydrogens (tertiary/aromatic N) is 1. The standard InChI is InChI=1S/C7H3Cl3N2/c8-4-1-5(9)7(12)6(10)3(4)2-11/h1H,12H2. The van der Waals surface area contributed by atoms with Crippen molar-refractivity contribution in [3.8, 4) is 6.07 Å². The van der Waals surface area contributed by atoms with E-state index in [1.807, 2.05) is 6.07 Å². The molecule has 0 unspecified atom stereocenters. The number of rotatable bonds is 0. The molecule has 2 N–H and O–H groups in total. The molecule has 0 aliphatic rings. The van der Waals surface area contributed by atoms with Crippen LogP contribution in [0.1, 0.15) is 5.56 Å². The first-order chi connectivity index (χ1) is 5.57. The van der Waals surface area contributed by atoms with E-state index in [9.17, 15) is 0 Å². The Morgan fingerprint density at radius 2 is 1.83 bits per heavy atom. The van der Waals surface area contributed by atoms with Gasteiger partial charge in [-0.25, -0.2) is 0 Å². The molecule has 0 aromatic heterocycles. The fourth-order valence-corrected chi connectivity index (χ4v) is 1.56. The molecule has 0 bridgehead atoms. The SMILES string of the molecule is N#Cc1c(Cl)cc(Cl)c(N)c1Cl. The van der Waals surface area contributed by atoms with Crippen LogP contribution < -0.4 is 5.73 Å². The van der Waals surface area contributed by atoms with Crippen molar-refractivity contribution in [3.05, 3.63) is 26.7 Å². The fraction of sp³-hybridized carbons (Fsp3) is 0. The van der Waals surface area contributed by atoms with Crippen molar-refractivity contribution in [2.24, 2.45) is 0 Å². The summed E-state index contributed by atoms with van der Waals surface area (Å²) in [5, 5.41) is 9.17. The summed E-state index contributed by atoms with van der Waals surface area (Å²) in [6.45, 7) is 0. The molecule has 0 fully saturated rings. The van der Waals surface area contributed by atoms with Gasteiger partial charge in [0.25, 0.3) is 0 Å². The Morgan fingerprint density at radius 3 is 2.33 bits per heavy atom. The Balaban J connectivity index is 3.54. The van der Waals surface area contributed by atoms with Crippen molar-refractivity contribution < 1.29 is 0 Å². The van der Waals surface area contributed by atoms with Crippen LogP contribution in [0, 0.1) is 11.3 Å². The van der Waals surface area contributed by atoms with Crippen LogP contribution >= 0.6 is 34.8 Å². The Labute approximate surface area is 84.4 Å². The summed E-state index contributed by atoms with van der Waals surface area (Å²) < 4.78 is 0. The highest BCUT2D eigenvalue weighted by atomic mass is 35.5. The molecule has 0 radical (unpaired) electrons. The van der Waals surface area contributed by atoms with E-state index in [-0.39, 0.29) is 26.3 Å². The van der Waals surface area contributed by atoms with Crippen LogP contribution in [0.5, 0.6) is 0 Å². The number of benzene rings is 1. The first-order valence-electron chi connectivity index (χ1n) is 2.91. The molecule has 0 saturated carbocycles. The lowest BCUT2D eigenvalue weighted by Crippen LogP contribution is -1.91. The lowest BCUT2D eigenvalue weighted by Gasteiger charge is -2.03. The monoisotopic (exact) mass is 220 g/mol. The Morgan fingerprint density at radius 1 is 1.25 bits per heavy atom. The van der Waals surface area contributed by atoms with Crippen molar-refractivity contribution in [2.45, 2.75) is 0 Å². The second-order valence-electron chi connectivity index (χ2n) is 2.05. The maximum absolute atomic E-state index is 8.60. The van der Waals surface area contributed by atoms with Crippen LogP contribution in [0.4, 0.5) is 5.69 Å². The Bertz CT molecular complexity index is 368. The minimum Gasteiger partial charge on any atom is -0.396 e. The van der Waals surface area contributed by atoms with Gasteiger partial charge in [0.15, 0.2) is 0 Å². The van der Waals surface area contributed by atoms with Gasteiger partial charge in [0.05, 0.1) is 26.3 Å². The molecule has 1 aromatic carbocycles. The molecular weight excluding hydrogens is 218 g/mol. The number of halogens is 3. The summed E-state index contributed by atoms with van der Waals surface area (Å²) in [6, 6.07) is 3.22. The normalized spacial score (nSPS) is 9.50. The minimum atomic E-state index is 0.106. The van der Waals surface area contributed by atoms with Gasteiger partial charge >= 0.3 is 0 Å². The fourth-order valence-electron chi connectivity index (χ4n) is 0.708.